The third-order valence-corrected chi connectivity index (χ3v) is 4.64. The highest BCUT2D eigenvalue weighted by Gasteiger charge is 2.25. The van der Waals surface area contributed by atoms with Crippen molar-refractivity contribution in [2.45, 2.75) is 6.04 Å². The Morgan fingerprint density at radius 3 is 2.92 bits per heavy atom. The number of hydrogen-bond acceptors (Lipinski definition) is 6. The van der Waals surface area contributed by atoms with Crippen molar-refractivity contribution in [2.24, 2.45) is 0 Å². The molecule has 1 aromatic heterocycles. The number of hydrogen-bond donors (Lipinski definition) is 1. The van der Waals surface area contributed by atoms with Gasteiger partial charge in [-0.3, -0.25) is 15.0 Å². The standard InChI is InChI=1S/C18H18N4O3/c1-21-9-8-19-11-16(21)12-6-7-15(22(23)24)13(10-12)18-20-14-4-2-3-5-17(14)25-18/h2-7,10,16,19H,8-9,11H2,1H3. The van der Waals surface area contributed by atoms with Crippen LogP contribution in [0.4, 0.5) is 5.69 Å². The van der Waals surface area contributed by atoms with E-state index in [1.807, 2.05) is 30.3 Å². The Morgan fingerprint density at radius 1 is 1.32 bits per heavy atom. The van der Waals surface area contributed by atoms with Crippen molar-refractivity contribution in [3.8, 4) is 11.5 Å². The summed E-state index contributed by atoms with van der Waals surface area (Å²) in [5.41, 5.74) is 2.74. The van der Waals surface area contributed by atoms with Crippen LogP contribution in [0, 0.1) is 10.1 Å². The summed E-state index contributed by atoms with van der Waals surface area (Å²) in [6.45, 7) is 2.68. The maximum Gasteiger partial charge on any atom is 0.282 e. The van der Waals surface area contributed by atoms with Crippen LogP contribution in [-0.4, -0.2) is 41.5 Å². The van der Waals surface area contributed by atoms with Crippen LogP contribution in [-0.2, 0) is 0 Å². The number of nitro benzene ring substituents is 1. The first-order chi connectivity index (χ1) is 12.1. The number of oxazole rings is 1. The van der Waals surface area contributed by atoms with E-state index in [0.717, 1.165) is 25.2 Å². The van der Waals surface area contributed by atoms with Gasteiger partial charge in [0.05, 0.1) is 4.92 Å². The first kappa shape index (κ1) is 15.7. The van der Waals surface area contributed by atoms with Gasteiger partial charge in [-0.1, -0.05) is 18.2 Å². The average Bonchev–Trinajstić information content (AvgIpc) is 3.05. The normalized spacial score (nSPS) is 18.5. The van der Waals surface area contributed by atoms with Crippen molar-refractivity contribution < 1.29 is 9.34 Å². The predicted molar refractivity (Wildman–Crippen MR) is 94.3 cm³/mol. The van der Waals surface area contributed by atoms with Crippen LogP contribution >= 0.6 is 0 Å². The summed E-state index contributed by atoms with van der Waals surface area (Å²) < 4.78 is 5.77. The molecule has 128 valence electrons. The number of rotatable bonds is 3. The molecule has 1 unspecified atom stereocenters. The molecule has 1 aliphatic heterocycles. The maximum atomic E-state index is 11.5. The molecule has 1 atom stereocenters. The van der Waals surface area contributed by atoms with E-state index in [1.165, 1.54) is 0 Å². The predicted octanol–water partition coefficient (Wildman–Crippen LogP) is 2.98. The number of benzene rings is 2. The maximum absolute atomic E-state index is 11.5. The van der Waals surface area contributed by atoms with Crippen LogP contribution in [0.2, 0.25) is 0 Å². The SMILES string of the molecule is CN1CCNCC1c1ccc([N+](=O)[O-])c(-c2nc3ccccc3o2)c1. The lowest BCUT2D eigenvalue weighted by atomic mass is 10.00. The van der Waals surface area contributed by atoms with Crippen LogP contribution in [0.1, 0.15) is 11.6 Å². The molecule has 0 spiro atoms. The fourth-order valence-electron chi connectivity index (χ4n) is 3.26. The van der Waals surface area contributed by atoms with E-state index in [2.05, 4.69) is 22.2 Å². The highest BCUT2D eigenvalue weighted by molar-refractivity contribution is 5.78. The van der Waals surface area contributed by atoms with E-state index in [9.17, 15) is 10.1 Å². The van der Waals surface area contributed by atoms with Crippen molar-refractivity contribution >= 4 is 16.8 Å². The van der Waals surface area contributed by atoms with E-state index in [1.54, 1.807) is 12.1 Å². The molecule has 1 aliphatic rings. The van der Waals surface area contributed by atoms with Crippen molar-refractivity contribution in [3.63, 3.8) is 0 Å². The highest BCUT2D eigenvalue weighted by Crippen LogP contribution is 2.34. The van der Waals surface area contributed by atoms with Crippen molar-refractivity contribution in [3.05, 3.63) is 58.1 Å². The smallest absolute Gasteiger partial charge is 0.282 e. The first-order valence-corrected chi connectivity index (χ1v) is 8.19. The number of nitrogens with one attached hydrogen (secondary N) is 1. The van der Waals surface area contributed by atoms with Gasteiger partial charge in [0, 0.05) is 31.7 Å². The van der Waals surface area contributed by atoms with E-state index in [0.29, 0.717) is 16.7 Å². The van der Waals surface area contributed by atoms with Gasteiger partial charge in [0.1, 0.15) is 11.1 Å². The van der Waals surface area contributed by atoms with Gasteiger partial charge in [0.15, 0.2) is 5.58 Å². The van der Waals surface area contributed by atoms with Gasteiger partial charge in [0.25, 0.3) is 5.69 Å². The second kappa shape index (κ2) is 6.27. The Kier molecular flexibility index (Phi) is 3.95. The summed E-state index contributed by atoms with van der Waals surface area (Å²) in [6.07, 6.45) is 0. The lowest BCUT2D eigenvalue weighted by Gasteiger charge is -2.33. The van der Waals surface area contributed by atoms with Gasteiger partial charge in [-0.05, 0) is 30.8 Å². The van der Waals surface area contributed by atoms with E-state index < -0.39 is 4.92 Å². The van der Waals surface area contributed by atoms with Crippen LogP contribution in [0.15, 0.2) is 46.9 Å². The van der Waals surface area contributed by atoms with Gasteiger partial charge in [0.2, 0.25) is 5.89 Å². The first-order valence-electron chi connectivity index (χ1n) is 8.19. The Morgan fingerprint density at radius 2 is 2.16 bits per heavy atom. The molecule has 2 aromatic carbocycles. The molecule has 25 heavy (non-hydrogen) atoms. The zero-order valence-corrected chi connectivity index (χ0v) is 13.8. The molecule has 7 heteroatoms. The van der Waals surface area contributed by atoms with Gasteiger partial charge in [-0.25, -0.2) is 4.98 Å². The largest absolute Gasteiger partial charge is 0.436 e. The van der Waals surface area contributed by atoms with Crippen LogP contribution < -0.4 is 5.32 Å². The van der Waals surface area contributed by atoms with Gasteiger partial charge in [-0.2, -0.15) is 0 Å². The molecule has 3 aromatic rings. The summed E-state index contributed by atoms with van der Waals surface area (Å²) in [4.78, 5) is 17.8. The third-order valence-electron chi connectivity index (χ3n) is 4.64. The lowest BCUT2D eigenvalue weighted by molar-refractivity contribution is -0.384. The Balaban J connectivity index is 1.83. The van der Waals surface area contributed by atoms with Gasteiger partial charge in [-0.15, -0.1) is 0 Å². The number of nitrogens with zero attached hydrogens (tertiary/aromatic N) is 3. The number of para-hydroxylation sites is 2. The van der Waals surface area contributed by atoms with Gasteiger partial charge >= 0.3 is 0 Å². The molecule has 0 saturated carbocycles. The molecule has 0 aliphatic carbocycles. The molecule has 7 nitrogen and oxygen atoms in total. The molecule has 1 saturated heterocycles. The lowest BCUT2D eigenvalue weighted by Crippen LogP contribution is -2.43. The van der Waals surface area contributed by atoms with Crippen molar-refractivity contribution in [2.75, 3.05) is 26.7 Å². The number of aromatic nitrogens is 1. The summed E-state index contributed by atoms with van der Waals surface area (Å²) >= 11 is 0. The monoisotopic (exact) mass is 338 g/mol. The Labute approximate surface area is 144 Å². The van der Waals surface area contributed by atoms with Crippen molar-refractivity contribution in [1.29, 1.82) is 0 Å². The average molecular weight is 338 g/mol. The van der Waals surface area contributed by atoms with E-state index in [-0.39, 0.29) is 17.6 Å². The molecule has 4 rings (SSSR count). The third kappa shape index (κ3) is 2.88. The molecule has 1 N–H and O–H groups in total. The minimum absolute atomic E-state index is 0.00160. The number of likely N-dealkylation sites (N-methyl/N-ethyl adjacent to an activating group) is 1. The second-order valence-electron chi connectivity index (χ2n) is 6.22. The Bertz CT molecular complexity index is 904. The molecule has 2 heterocycles. The summed E-state index contributed by atoms with van der Waals surface area (Å²) in [5.74, 6) is 0.279. The molecule has 1 fully saturated rings. The minimum atomic E-state index is -0.392. The fraction of sp³-hybridized carbons (Fsp3) is 0.278. The fourth-order valence-corrected chi connectivity index (χ4v) is 3.26. The Hall–Kier alpha value is -2.77. The minimum Gasteiger partial charge on any atom is -0.436 e. The molecular weight excluding hydrogens is 320 g/mol. The highest BCUT2D eigenvalue weighted by atomic mass is 16.6. The molecule has 0 radical (unpaired) electrons. The second-order valence-corrected chi connectivity index (χ2v) is 6.22. The summed E-state index contributed by atoms with van der Waals surface area (Å²) in [7, 11) is 2.06. The zero-order chi connectivity index (χ0) is 17.4. The van der Waals surface area contributed by atoms with Gasteiger partial charge < -0.3 is 9.73 Å². The van der Waals surface area contributed by atoms with Crippen molar-refractivity contribution in [1.82, 2.24) is 15.2 Å². The summed E-state index contributed by atoms with van der Waals surface area (Å²) in [5, 5.41) is 14.8. The van der Waals surface area contributed by atoms with E-state index >= 15 is 0 Å². The van der Waals surface area contributed by atoms with E-state index in [4.69, 9.17) is 4.42 Å². The molecule has 0 amide bonds. The number of piperazine rings is 1. The topological polar surface area (TPSA) is 84.4 Å². The number of fused-ring (bicyclic) bond motifs is 1. The number of nitro groups is 1. The molecular formula is C18H18N4O3. The van der Waals surface area contributed by atoms with Crippen LogP contribution in [0.3, 0.4) is 0 Å². The van der Waals surface area contributed by atoms with Crippen LogP contribution in [0.5, 0.6) is 0 Å². The molecule has 0 bridgehead atoms. The quantitative estimate of drug-likeness (QED) is 0.584. The summed E-state index contributed by atoms with van der Waals surface area (Å²) in [6, 6.07) is 12.7. The zero-order valence-electron chi connectivity index (χ0n) is 13.8. The van der Waals surface area contributed by atoms with Crippen LogP contribution in [0.25, 0.3) is 22.6 Å².